The highest BCUT2D eigenvalue weighted by atomic mass is 32.2. The van der Waals surface area contributed by atoms with E-state index in [0.717, 1.165) is 23.8 Å². The Hall–Kier alpha value is -2.54. The highest BCUT2D eigenvalue weighted by molar-refractivity contribution is 7.86. The van der Waals surface area contributed by atoms with Crippen LogP contribution in [0, 0.1) is 6.92 Å². The molecule has 0 N–H and O–H groups in total. The van der Waals surface area contributed by atoms with Gasteiger partial charge < -0.3 is 13.8 Å². The molecule has 0 fully saturated rings. The fourth-order valence-electron chi connectivity index (χ4n) is 2.86. The van der Waals surface area contributed by atoms with Gasteiger partial charge in [0.2, 0.25) is 0 Å². The SMILES string of the molecule is CCC(C)N(Cc1ccc(OC)c(OS(C)(=O)=O)c1)C(=O)c1ccccc1C. The van der Waals surface area contributed by atoms with E-state index in [9.17, 15) is 13.2 Å². The fraction of sp³-hybridized carbons (Fsp3) is 0.381. The average molecular weight is 406 g/mol. The minimum absolute atomic E-state index is 0.00786. The average Bonchev–Trinajstić information content (AvgIpc) is 2.64. The van der Waals surface area contributed by atoms with Crippen LogP contribution in [-0.4, -0.2) is 38.6 Å². The van der Waals surface area contributed by atoms with Crippen molar-refractivity contribution in [3.63, 3.8) is 0 Å². The van der Waals surface area contributed by atoms with E-state index in [4.69, 9.17) is 8.92 Å². The van der Waals surface area contributed by atoms with Gasteiger partial charge in [-0.25, -0.2) is 0 Å². The van der Waals surface area contributed by atoms with E-state index in [1.165, 1.54) is 7.11 Å². The zero-order valence-corrected chi connectivity index (χ0v) is 17.7. The summed E-state index contributed by atoms with van der Waals surface area (Å²) in [7, 11) is -2.26. The first-order valence-electron chi connectivity index (χ1n) is 9.09. The molecule has 28 heavy (non-hydrogen) atoms. The zero-order chi connectivity index (χ0) is 20.9. The Morgan fingerprint density at radius 2 is 1.82 bits per heavy atom. The maximum Gasteiger partial charge on any atom is 0.306 e. The van der Waals surface area contributed by atoms with Crippen LogP contribution in [-0.2, 0) is 16.7 Å². The molecule has 0 saturated heterocycles. The predicted molar refractivity (Wildman–Crippen MR) is 109 cm³/mol. The molecule has 7 heteroatoms. The summed E-state index contributed by atoms with van der Waals surface area (Å²) in [6.45, 7) is 6.25. The van der Waals surface area contributed by atoms with Crippen molar-refractivity contribution in [2.45, 2.75) is 39.8 Å². The van der Waals surface area contributed by atoms with Crippen LogP contribution in [0.3, 0.4) is 0 Å². The van der Waals surface area contributed by atoms with E-state index < -0.39 is 10.1 Å². The summed E-state index contributed by atoms with van der Waals surface area (Å²) in [5.41, 5.74) is 2.32. The molecule has 0 bridgehead atoms. The first kappa shape index (κ1) is 21.8. The molecule has 0 aliphatic heterocycles. The third kappa shape index (κ3) is 5.48. The number of methoxy groups -OCH3 is 1. The number of nitrogens with zero attached hydrogens (tertiary/aromatic N) is 1. The topological polar surface area (TPSA) is 72.9 Å². The molecule has 2 rings (SSSR count). The molecule has 0 heterocycles. The summed E-state index contributed by atoms with van der Waals surface area (Å²) in [4.78, 5) is 15.0. The molecule has 0 aliphatic carbocycles. The van der Waals surface area contributed by atoms with Crippen molar-refractivity contribution in [1.29, 1.82) is 0 Å². The predicted octanol–water partition coefficient (Wildman–Crippen LogP) is 3.78. The Morgan fingerprint density at radius 1 is 1.14 bits per heavy atom. The van der Waals surface area contributed by atoms with Crippen LogP contribution in [0.5, 0.6) is 11.5 Å². The first-order chi connectivity index (χ1) is 13.2. The Balaban J connectivity index is 2.38. The Morgan fingerprint density at radius 3 is 2.39 bits per heavy atom. The lowest BCUT2D eigenvalue weighted by Crippen LogP contribution is -2.38. The second kappa shape index (κ2) is 9.10. The molecule has 1 unspecified atom stereocenters. The third-order valence-electron chi connectivity index (χ3n) is 4.58. The highest BCUT2D eigenvalue weighted by Gasteiger charge is 2.23. The first-order valence-corrected chi connectivity index (χ1v) is 10.9. The molecule has 0 radical (unpaired) electrons. The summed E-state index contributed by atoms with van der Waals surface area (Å²) in [6.07, 6.45) is 1.77. The summed E-state index contributed by atoms with van der Waals surface area (Å²) in [6, 6.07) is 12.5. The van der Waals surface area contributed by atoms with Gasteiger partial charge in [-0.05, 0) is 49.6 Å². The molecular weight excluding hydrogens is 378 g/mol. The Kier molecular flexibility index (Phi) is 7.07. The molecular formula is C21H27NO5S. The van der Waals surface area contributed by atoms with Gasteiger partial charge in [-0.3, -0.25) is 4.79 Å². The van der Waals surface area contributed by atoms with Crippen LogP contribution >= 0.6 is 0 Å². The molecule has 152 valence electrons. The van der Waals surface area contributed by atoms with Crippen molar-refractivity contribution >= 4 is 16.0 Å². The van der Waals surface area contributed by atoms with Crippen LogP contribution < -0.4 is 8.92 Å². The lowest BCUT2D eigenvalue weighted by Gasteiger charge is -2.29. The van der Waals surface area contributed by atoms with Crippen molar-refractivity contribution in [1.82, 2.24) is 4.90 Å². The zero-order valence-electron chi connectivity index (χ0n) is 16.9. The van der Waals surface area contributed by atoms with Gasteiger partial charge in [0.1, 0.15) is 0 Å². The van der Waals surface area contributed by atoms with E-state index in [1.54, 1.807) is 23.1 Å². The van der Waals surface area contributed by atoms with Crippen molar-refractivity contribution in [3.8, 4) is 11.5 Å². The van der Waals surface area contributed by atoms with Crippen molar-refractivity contribution in [3.05, 3.63) is 59.2 Å². The van der Waals surface area contributed by atoms with E-state index in [0.29, 0.717) is 17.9 Å². The summed E-state index contributed by atoms with van der Waals surface area (Å²) < 4.78 is 33.3. The molecule has 0 aromatic heterocycles. The molecule has 2 aromatic carbocycles. The van der Waals surface area contributed by atoms with Gasteiger partial charge in [-0.1, -0.05) is 31.2 Å². The van der Waals surface area contributed by atoms with Gasteiger partial charge in [0.25, 0.3) is 5.91 Å². The van der Waals surface area contributed by atoms with Crippen molar-refractivity contribution < 1.29 is 22.1 Å². The van der Waals surface area contributed by atoms with E-state index in [2.05, 4.69) is 0 Å². The summed E-state index contributed by atoms with van der Waals surface area (Å²) in [5.74, 6) is 0.360. The number of hydrogen-bond acceptors (Lipinski definition) is 5. The maximum absolute atomic E-state index is 13.2. The maximum atomic E-state index is 13.2. The van der Waals surface area contributed by atoms with Crippen LogP contribution in [0.4, 0.5) is 0 Å². The number of carbonyl (C=O) groups is 1. The van der Waals surface area contributed by atoms with Crippen LogP contribution in [0.1, 0.15) is 41.8 Å². The molecule has 0 aliphatic rings. The van der Waals surface area contributed by atoms with Gasteiger partial charge in [0.05, 0.1) is 13.4 Å². The number of ether oxygens (including phenoxy) is 1. The molecule has 1 atom stereocenters. The smallest absolute Gasteiger partial charge is 0.306 e. The van der Waals surface area contributed by atoms with E-state index >= 15 is 0 Å². The lowest BCUT2D eigenvalue weighted by atomic mass is 10.0. The number of hydrogen-bond donors (Lipinski definition) is 0. The highest BCUT2D eigenvalue weighted by Crippen LogP contribution is 2.30. The lowest BCUT2D eigenvalue weighted by molar-refractivity contribution is 0.0670. The standard InChI is InChI=1S/C21H27NO5S/c1-6-16(3)22(21(23)18-10-8-7-9-15(18)2)14-17-11-12-19(26-4)20(13-17)27-28(5,24)25/h7-13,16H,6,14H2,1-5H3. The second-order valence-electron chi connectivity index (χ2n) is 6.78. The van der Waals surface area contributed by atoms with Gasteiger partial charge in [0.15, 0.2) is 11.5 Å². The number of benzene rings is 2. The van der Waals surface area contributed by atoms with E-state index in [1.807, 2.05) is 45.0 Å². The molecule has 0 saturated carbocycles. The molecule has 2 aromatic rings. The van der Waals surface area contributed by atoms with Crippen LogP contribution in [0.25, 0.3) is 0 Å². The van der Waals surface area contributed by atoms with Gasteiger partial charge in [0, 0.05) is 18.2 Å². The number of aryl methyl sites for hydroxylation is 1. The summed E-state index contributed by atoms with van der Waals surface area (Å²) in [5, 5.41) is 0. The van der Waals surface area contributed by atoms with Crippen molar-refractivity contribution in [2.24, 2.45) is 0 Å². The number of amides is 1. The molecule has 1 amide bonds. The van der Waals surface area contributed by atoms with Crippen LogP contribution in [0.15, 0.2) is 42.5 Å². The fourth-order valence-corrected chi connectivity index (χ4v) is 3.32. The van der Waals surface area contributed by atoms with Crippen molar-refractivity contribution in [2.75, 3.05) is 13.4 Å². The third-order valence-corrected chi connectivity index (χ3v) is 5.06. The quantitative estimate of drug-likeness (QED) is 0.625. The van der Waals surface area contributed by atoms with Gasteiger partial charge in [-0.15, -0.1) is 0 Å². The normalized spacial score (nSPS) is 12.3. The van der Waals surface area contributed by atoms with Gasteiger partial charge >= 0.3 is 10.1 Å². The largest absolute Gasteiger partial charge is 0.493 e. The Bertz CT molecular complexity index is 940. The Labute approximate surface area is 167 Å². The molecule has 0 spiro atoms. The van der Waals surface area contributed by atoms with Gasteiger partial charge in [-0.2, -0.15) is 8.42 Å². The number of carbonyl (C=O) groups excluding carboxylic acids is 1. The second-order valence-corrected chi connectivity index (χ2v) is 8.35. The monoisotopic (exact) mass is 405 g/mol. The minimum Gasteiger partial charge on any atom is -0.493 e. The van der Waals surface area contributed by atoms with Crippen LogP contribution in [0.2, 0.25) is 0 Å². The number of rotatable bonds is 8. The molecule has 6 nitrogen and oxygen atoms in total. The minimum atomic E-state index is -3.70. The van der Waals surface area contributed by atoms with E-state index in [-0.39, 0.29) is 17.7 Å². The summed E-state index contributed by atoms with van der Waals surface area (Å²) >= 11 is 0.